The first-order valence-corrected chi connectivity index (χ1v) is 6.13. The number of hydrogen-bond donors (Lipinski definition) is 1. The van der Waals surface area contributed by atoms with Gasteiger partial charge >= 0.3 is 0 Å². The first kappa shape index (κ1) is 12.2. The van der Waals surface area contributed by atoms with Crippen LogP contribution in [0.3, 0.4) is 0 Å². The average Bonchev–Trinajstić information content (AvgIpc) is 2.29. The highest BCUT2D eigenvalue weighted by Crippen LogP contribution is 2.23. The van der Waals surface area contributed by atoms with Crippen LogP contribution in [-0.2, 0) is 6.42 Å². The fourth-order valence-corrected chi connectivity index (χ4v) is 2.06. The summed E-state index contributed by atoms with van der Waals surface area (Å²) < 4.78 is 0. The molecule has 0 heterocycles. The maximum atomic E-state index is 5.98. The standard InChI is InChI=1S/C15H16ClN/c1-11(17)9-12-5-7-13(8-6-12)14-3-2-4-15(16)10-14/h2-8,10-11H,9,17H2,1H3. The summed E-state index contributed by atoms with van der Waals surface area (Å²) in [5.41, 5.74) is 9.37. The molecule has 2 rings (SSSR count). The summed E-state index contributed by atoms with van der Waals surface area (Å²) in [6.07, 6.45) is 0.913. The van der Waals surface area contributed by atoms with Crippen LogP contribution in [0.25, 0.3) is 11.1 Å². The zero-order valence-corrected chi connectivity index (χ0v) is 10.6. The SMILES string of the molecule is CC(N)Cc1ccc(-c2cccc(Cl)c2)cc1. The lowest BCUT2D eigenvalue weighted by atomic mass is 10.0. The van der Waals surface area contributed by atoms with Crippen molar-refractivity contribution >= 4 is 11.6 Å². The molecular formula is C15H16ClN. The summed E-state index contributed by atoms with van der Waals surface area (Å²) in [4.78, 5) is 0. The zero-order valence-electron chi connectivity index (χ0n) is 9.86. The summed E-state index contributed by atoms with van der Waals surface area (Å²) >= 11 is 5.98. The van der Waals surface area contributed by atoms with Crippen molar-refractivity contribution in [3.8, 4) is 11.1 Å². The largest absolute Gasteiger partial charge is 0.328 e. The molecule has 2 aromatic rings. The van der Waals surface area contributed by atoms with E-state index in [9.17, 15) is 0 Å². The van der Waals surface area contributed by atoms with Gasteiger partial charge in [0.25, 0.3) is 0 Å². The summed E-state index contributed by atoms with van der Waals surface area (Å²) in [5.74, 6) is 0. The van der Waals surface area contributed by atoms with Gasteiger partial charge in [-0.25, -0.2) is 0 Å². The van der Waals surface area contributed by atoms with Crippen LogP contribution in [0.15, 0.2) is 48.5 Å². The van der Waals surface area contributed by atoms with Crippen molar-refractivity contribution < 1.29 is 0 Å². The second-order valence-electron chi connectivity index (χ2n) is 4.39. The Labute approximate surface area is 107 Å². The molecule has 0 saturated heterocycles. The van der Waals surface area contributed by atoms with Crippen LogP contribution in [0, 0.1) is 0 Å². The molecule has 0 saturated carbocycles. The van der Waals surface area contributed by atoms with Gasteiger partial charge < -0.3 is 5.73 Å². The molecule has 0 aliphatic carbocycles. The molecule has 2 aromatic carbocycles. The van der Waals surface area contributed by atoms with Gasteiger partial charge in [-0.3, -0.25) is 0 Å². The second kappa shape index (κ2) is 5.35. The molecule has 0 aliphatic heterocycles. The third kappa shape index (κ3) is 3.32. The van der Waals surface area contributed by atoms with Gasteiger partial charge in [0.05, 0.1) is 0 Å². The molecule has 1 atom stereocenters. The van der Waals surface area contributed by atoms with Crippen molar-refractivity contribution in [2.24, 2.45) is 5.73 Å². The Morgan fingerprint density at radius 1 is 1.06 bits per heavy atom. The fraction of sp³-hybridized carbons (Fsp3) is 0.200. The summed E-state index contributed by atoms with van der Waals surface area (Å²) in [6.45, 7) is 2.02. The summed E-state index contributed by atoms with van der Waals surface area (Å²) in [5, 5.41) is 0.766. The van der Waals surface area contributed by atoms with E-state index in [1.54, 1.807) is 0 Å². The van der Waals surface area contributed by atoms with E-state index in [1.165, 1.54) is 11.1 Å². The average molecular weight is 246 g/mol. The molecule has 0 radical (unpaired) electrons. The smallest absolute Gasteiger partial charge is 0.0412 e. The highest BCUT2D eigenvalue weighted by Gasteiger charge is 2.00. The van der Waals surface area contributed by atoms with E-state index in [-0.39, 0.29) is 6.04 Å². The van der Waals surface area contributed by atoms with Gasteiger partial charge in [-0.1, -0.05) is 48.0 Å². The molecule has 0 spiro atoms. The molecule has 1 nitrogen and oxygen atoms in total. The second-order valence-corrected chi connectivity index (χ2v) is 4.83. The highest BCUT2D eigenvalue weighted by atomic mass is 35.5. The van der Waals surface area contributed by atoms with E-state index in [4.69, 9.17) is 17.3 Å². The Bertz CT molecular complexity index is 489. The number of rotatable bonds is 3. The van der Waals surface area contributed by atoms with Crippen molar-refractivity contribution in [1.82, 2.24) is 0 Å². The van der Waals surface area contributed by atoms with Gasteiger partial charge in [-0.05, 0) is 42.2 Å². The minimum Gasteiger partial charge on any atom is -0.328 e. The Kier molecular flexibility index (Phi) is 3.82. The van der Waals surface area contributed by atoms with Gasteiger partial charge in [0.2, 0.25) is 0 Å². The van der Waals surface area contributed by atoms with Crippen molar-refractivity contribution in [2.45, 2.75) is 19.4 Å². The van der Waals surface area contributed by atoms with Gasteiger partial charge in [0.1, 0.15) is 0 Å². The number of hydrogen-bond acceptors (Lipinski definition) is 1. The van der Waals surface area contributed by atoms with Crippen molar-refractivity contribution in [3.63, 3.8) is 0 Å². The Morgan fingerprint density at radius 3 is 2.35 bits per heavy atom. The van der Waals surface area contributed by atoms with Crippen LogP contribution in [-0.4, -0.2) is 6.04 Å². The third-order valence-corrected chi connectivity index (χ3v) is 2.90. The topological polar surface area (TPSA) is 26.0 Å². The van der Waals surface area contributed by atoms with E-state index in [0.29, 0.717) is 0 Å². The Hall–Kier alpha value is -1.31. The predicted molar refractivity (Wildman–Crippen MR) is 74.2 cm³/mol. The zero-order chi connectivity index (χ0) is 12.3. The van der Waals surface area contributed by atoms with Crippen LogP contribution in [0.2, 0.25) is 5.02 Å². The van der Waals surface area contributed by atoms with Crippen molar-refractivity contribution in [3.05, 3.63) is 59.1 Å². The number of nitrogens with two attached hydrogens (primary N) is 1. The van der Waals surface area contributed by atoms with Crippen LogP contribution in [0.5, 0.6) is 0 Å². The monoisotopic (exact) mass is 245 g/mol. The Balaban J connectivity index is 2.23. The van der Waals surface area contributed by atoms with E-state index >= 15 is 0 Å². The fourth-order valence-electron chi connectivity index (χ4n) is 1.87. The third-order valence-electron chi connectivity index (χ3n) is 2.67. The molecule has 0 amide bonds. The van der Waals surface area contributed by atoms with Crippen molar-refractivity contribution in [1.29, 1.82) is 0 Å². The molecule has 2 N–H and O–H groups in total. The first-order valence-electron chi connectivity index (χ1n) is 5.75. The van der Waals surface area contributed by atoms with Gasteiger partial charge in [0.15, 0.2) is 0 Å². The first-order chi connectivity index (χ1) is 8.15. The summed E-state index contributed by atoms with van der Waals surface area (Å²) in [7, 11) is 0. The van der Waals surface area contributed by atoms with Gasteiger partial charge in [-0.2, -0.15) is 0 Å². The molecule has 88 valence electrons. The van der Waals surface area contributed by atoms with Crippen LogP contribution in [0.1, 0.15) is 12.5 Å². The minimum absolute atomic E-state index is 0.201. The van der Waals surface area contributed by atoms with Gasteiger partial charge in [-0.15, -0.1) is 0 Å². The van der Waals surface area contributed by atoms with Crippen LogP contribution < -0.4 is 5.73 Å². The molecule has 0 bridgehead atoms. The van der Waals surface area contributed by atoms with E-state index in [2.05, 4.69) is 30.3 Å². The van der Waals surface area contributed by atoms with E-state index < -0.39 is 0 Å². The lowest BCUT2D eigenvalue weighted by Gasteiger charge is -2.07. The molecule has 1 unspecified atom stereocenters. The molecular weight excluding hydrogens is 230 g/mol. The molecule has 0 aromatic heterocycles. The molecule has 0 fully saturated rings. The maximum Gasteiger partial charge on any atom is 0.0412 e. The lowest BCUT2D eigenvalue weighted by Crippen LogP contribution is -2.17. The highest BCUT2D eigenvalue weighted by molar-refractivity contribution is 6.30. The minimum atomic E-state index is 0.201. The van der Waals surface area contributed by atoms with Crippen molar-refractivity contribution in [2.75, 3.05) is 0 Å². The number of benzene rings is 2. The molecule has 0 aliphatic rings. The maximum absolute atomic E-state index is 5.98. The van der Waals surface area contributed by atoms with Crippen LogP contribution in [0.4, 0.5) is 0 Å². The predicted octanol–water partition coefficient (Wildman–Crippen LogP) is 3.90. The summed E-state index contributed by atoms with van der Waals surface area (Å²) in [6, 6.07) is 16.6. The number of halogens is 1. The quantitative estimate of drug-likeness (QED) is 0.872. The van der Waals surface area contributed by atoms with E-state index in [1.807, 2.05) is 25.1 Å². The van der Waals surface area contributed by atoms with Gasteiger partial charge in [0, 0.05) is 11.1 Å². The molecule has 17 heavy (non-hydrogen) atoms. The van der Waals surface area contributed by atoms with Crippen LogP contribution >= 0.6 is 11.6 Å². The van der Waals surface area contributed by atoms with E-state index in [0.717, 1.165) is 17.0 Å². The Morgan fingerprint density at radius 2 is 1.76 bits per heavy atom. The normalized spacial score (nSPS) is 12.4. The lowest BCUT2D eigenvalue weighted by molar-refractivity contribution is 0.738. The molecule has 2 heteroatoms.